The second kappa shape index (κ2) is 19.8. The summed E-state index contributed by atoms with van der Waals surface area (Å²) < 4.78 is 0. The monoisotopic (exact) mass is 1070 g/mol. The number of hydrogen-bond acceptors (Lipinski definition) is 8. The lowest BCUT2D eigenvalue weighted by molar-refractivity contribution is -0.121. The molecule has 1 saturated heterocycles. The molecule has 0 spiro atoms. The first kappa shape index (κ1) is 51.4. The molecular weight excluding hydrogens is 1010 g/mol. The molecule has 2 unspecified atom stereocenters. The van der Waals surface area contributed by atoms with Gasteiger partial charge in [0.25, 0.3) is 23.6 Å². The topological polar surface area (TPSA) is 112 Å². The van der Waals surface area contributed by atoms with Gasteiger partial charge in [0.2, 0.25) is 11.8 Å². The fourth-order valence-electron chi connectivity index (χ4n) is 13.5. The maximum Gasteiger partial charge on any atom is 0.265 e. The first-order valence-corrected chi connectivity index (χ1v) is 29.5. The first-order valence-electron chi connectivity index (χ1n) is 27.8. The maximum atomic E-state index is 14.7. The minimum atomic E-state index is -0.630. The molecule has 78 heavy (non-hydrogen) atoms. The Morgan fingerprint density at radius 3 is 1.10 bits per heavy atom. The molecule has 0 saturated carbocycles. The third-order valence-corrected chi connectivity index (χ3v) is 19.8. The molecule has 0 aliphatic carbocycles. The summed E-state index contributed by atoms with van der Waals surface area (Å²) in [6, 6.07) is 29.8. The van der Waals surface area contributed by atoms with Gasteiger partial charge in [0.15, 0.2) is 0 Å². The Balaban J connectivity index is 0.838. The van der Waals surface area contributed by atoms with Crippen LogP contribution in [0.2, 0.25) is 0 Å². The van der Waals surface area contributed by atoms with E-state index in [1.54, 1.807) is 51.8 Å². The van der Waals surface area contributed by atoms with Crippen LogP contribution in [0.25, 0.3) is 54.2 Å². The average Bonchev–Trinajstić information content (AvgIpc) is 4.09. The van der Waals surface area contributed by atoms with Crippen LogP contribution in [0.4, 0.5) is 11.4 Å². The van der Waals surface area contributed by atoms with Crippen molar-refractivity contribution in [1.29, 1.82) is 0 Å². The van der Waals surface area contributed by atoms with E-state index in [1.807, 2.05) is 86.6 Å². The molecule has 3 aliphatic rings. The number of thiophene rings is 2. The minimum Gasteiger partial charge on any atom is -0.273 e. The zero-order chi connectivity index (χ0) is 54.6. The van der Waals surface area contributed by atoms with Gasteiger partial charge in [-0.05, 0) is 169 Å². The molecule has 3 aliphatic heterocycles. The Morgan fingerprint density at radius 1 is 0.397 bits per heavy atom. The van der Waals surface area contributed by atoms with Crippen LogP contribution in [-0.2, 0) is 9.59 Å². The fraction of sp³-hybridized carbons (Fsp3) is 0.313. The van der Waals surface area contributed by atoms with Crippen LogP contribution in [0, 0.1) is 41.5 Å². The van der Waals surface area contributed by atoms with Gasteiger partial charge in [-0.1, -0.05) is 114 Å². The molecule has 9 nitrogen and oxygen atoms in total. The number of imide groups is 3. The van der Waals surface area contributed by atoms with Crippen molar-refractivity contribution in [2.75, 3.05) is 9.80 Å². The highest BCUT2D eigenvalue weighted by Crippen LogP contribution is 2.51. The second-order valence-corrected chi connectivity index (χ2v) is 24.8. The number of anilines is 2. The summed E-state index contributed by atoms with van der Waals surface area (Å²) in [5.41, 5.74) is 8.56. The van der Waals surface area contributed by atoms with Gasteiger partial charge in [-0.15, -0.1) is 22.7 Å². The highest BCUT2D eigenvalue weighted by molar-refractivity contribution is 7.12. The molecule has 11 heteroatoms. The lowest BCUT2D eigenvalue weighted by Gasteiger charge is -2.35. The molecule has 5 heterocycles. The molecule has 394 valence electrons. The van der Waals surface area contributed by atoms with Gasteiger partial charge in [0, 0.05) is 58.6 Å². The number of hydrogen-bond donors (Lipinski definition) is 0. The summed E-state index contributed by atoms with van der Waals surface area (Å²) in [4.78, 5) is 96.7. The van der Waals surface area contributed by atoms with E-state index >= 15 is 0 Å². The van der Waals surface area contributed by atoms with Gasteiger partial charge in [0.1, 0.15) is 0 Å². The molecule has 0 N–H and O–H groups in total. The maximum absolute atomic E-state index is 14.7. The van der Waals surface area contributed by atoms with E-state index in [1.165, 1.54) is 9.80 Å². The molecule has 2 atom stereocenters. The number of unbranched alkanes of at least 4 members (excludes halogenated alkanes) is 6. The number of aryl methyl sites for hydroxylation is 4. The van der Waals surface area contributed by atoms with Crippen molar-refractivity contribution in [3.05, 3.63) is 161 Å². The number of fused-ring (bicyclic) bond motifs is 2. The van der Waals surface area contributed by atoms with Crippen LogP contribution < -0.4 is 9.80 Å². The predicted octanol–water partition coefficient (Wildman–Crippen LogP) is 16.5. The summed E-state index contributed by atoms with van der Waals surface area (Å²) in [5.74, 6) is -3.02. The van der Waals surface area contributed by atoms with Crippen molar-refractivity contribution in [2.24, 2.45) is 0 Å². The number of rotatable bonds is 16. The van der Waals surface area contributed by atoms with Crippen molar-refractivity contribution < 1.29 is 28.8 Å². The van der Waals surface area contributed by atoms with Crippen LogP contribution in [0.15, 0.2) is 97.1 Å². The van der Waals surface area contributed by atoms with Crippen molar-refractivity contribution in [3.63, 3.8) is 0 Å². The van der Waals surface area contributed by atoms with Crippen LogP contribution >= 0.6 is 22.7 Å². The highest BCUT2D eigenvalue weighted by Gasteiger charge is 2.52. The molecule has 9 aromatic rings. The molecular formula is C67H63N3O6S2. The van der Waals surface area contributed by atoms with E-state index in [0.717, 1.165) is 149 Å². The summed E-state index contributed by atoms with van der Waals surface area (Å²) in [6.07, 6.45) is 10.2. The van der Waals surface area contributed by atoms with E-state index in [-0.39, 0.29) is 29.7 Å². The fourth-order valence-corrected chi connectivity index (χ4v) is 15.7. The van der Waals surface area contributed by atoms with Crippen molar-refractivity contribution >= 4 is 113 Å². The number of nitrogens with zero attached hydrogens (tertiary/aromatic N) is 3. The highest BCUT2D eigenvalue weighted by atomic mass is 32.1. The standard InChI is InChI=1S/C67H63N3O6S2/c1-9-11-13-15-17-43(18-16-14-12-10-2)68-62(71)50-31-27-46-48-29-33-52-59-53(34-30-49(57(48)59)47-28-32-51(63(68)72)58(50)56(46)47)65(74)69(64(52)73)44-23-19-41(20-24-44)42-21-25-45(26-22-42)70-66(75)60(54-35(3)37(5)77-39(54)7)61(67(70)76)55-36(4)38(6)78-40(55)8/h19-34,43,60-61H,9-18H2,1-8H3. The summed E-state index contributed by atoms with van der Waals surface area (Å²) in [7, 11) is 0. The van der Waals surface area contributed by atoms with E-state index in [4.69, 9.17) is 0 Å². The number of benzene rings is 7. The third kappa shape index (κ3) is 7.81. The van der Waals surface area contributed by atoms with Crippen molar-refractivity contribution in [3.8, 4) is 11.1 Å². The van der Waals surface area contributed by atoms with Gasteiger partial charge < -0.3 is 0 Å². The van der Waals surface area contributed by atoms with Gasteiger partial charge >= 0.3 is 0 Å². The number of carbonyl (C=O) groups excluding carboxylic acids is 6. The van der Waals surface area contributed by atoms with Crippen LogP contribution in [-0.4, -0.2) is 46.4 Å². The van der Waals surface area contributed by atoms with E-state index in [2.05, 4.69) is 41.5 Å². The predicted molar refractivity (Wildman–Crippen MR) is 318 cm³/mol. The third-order valence-electron chi connectivity index (χ3n) is 17.6. The lowest BCUT2D eigenvalue weighted by atomic mass is 9.80. The van der Waals surface area contributed by atoms with E-state index in [0.29, 0.717) is 44.4 Å². The molecule has 6 amide bonds. The SMILES string of the molecule is CCCCCCC(CCCCCC)N1C(=O)c2ccc3c4ccc5c6c(ccc(c7ccc(c2c37)C1=O)c64)C(=O)N(c1ccc(-c2ccc(N3C(=O)C(c4c(C)sc(C)c4C)C(c4c(C)sc(C)c4C)C3=O)cc2)cc1)C5=O. The Bertz CT molecular complexity index is 3810. The Labute approximate surface area is 463 Å². The Hall–Kier alpha value is -7.34. The lowest BCUT2D eigenvalue weighted by Crippen LogP contribution is -2.47. The Kier molecular flexibility index (Phi) is 13.1. The quantitative estimate of drug-likeness (QED) is 0.0412. The molecule has 1 fully saturated rings. The van der Waals surface area contributed by atoms with E-state index in [9.17, 15) is 28.8 Å². The molecule has 7 aromatic carbocycles. The summed E-state index contributed by atoms with van der Waals surface area (Å²) in [5, 5.41) is 6.34. The van der Waals surface area contributed by atoms with Gasteiger partial charge in [-0.2, -0.15) is 0 Å². The normalized spacial score (nSPS) is 16.7. The van der Waals surface area contributed by atoms with Gasteiger partial charge in [0.05, 0.1) is 23.2 Å². The van der Waals surface area contributed by atoms with Crippen LogP contribution in [0.5, 0.6) is 0 Å². The number of carbonyl (C=O) groups is 6. The minimum absolute atomic E-state index is 0.160. The van der Waals surface area contributed by atoms with Crippen molar-refractivity contribution in [1.82, 2.24) is 4.90 Å². The van der Waals surface area contributed by atoms with Gasteiger partial charge in [-0.3, -0.25) is 33.7 Å². The van der Waals surface area contributed by atoms with Crippen LogP contribution in [0.3, 0.4) is 0 Å². The average molecular weight is 1070 g/mol. The largest absolute Gasteiger partial charge is 0.273 e. The zero-order valence-electron chi connectivity index (χ0n) is 45.6. The first-order chi connectivity index (χ1) is 37.7. The Morgan fingerprint density at radius 2 is 0.756 bits per heavy atom. The second-order valence-electron chi connectivity index (χ2n) is 22.0. The molecule has 2 aromatic heterocycles. The van der Waals surface area contributed by atoms with Crippen molar-refractivity contribution in [2.45, 2.75) is 137 Å². The van der Waals surface area contributed by atoms with Crippen LogP contribution in [0.1, 0.15) is 173 Å². The summed E-state index contributed by atoms with van der Waals surface area (Å²) >= 11 is 3.34. The smallest absolute Gasteiger partial charge is 0.265 e. The molecule has 12 rings (SSSR count). The number of amides is 6. The molecule has 0 bridgehead atoms. The van der Waals surface area contributed by atoms with E-state index < -0.39 is 23.7 Å². The van der Waals surface area contributed by atoms with Gasteiger partial charge in [-0.25, -0.2) is 9.80 Å². The summed E-state index contributed by atoms with van der Waals surface area (Å²) in [6.45, 7) is 16.7. The zero-order valence-corrected chi connectivity index (χ0v) is 47.3. The molecule has 0 radical (unpaired) electrons.